The molecule has 0 aliphatic rings. The normalized spacial score (nSPS) is 12.0. The molecule has 0 saturated heterocycles. The van der Waals surface area contributed by atoms with Gasteiger partial charge in [-0.1, -0.05) is 128 Å². The van der Waals surface area contributed by atoms with Crippen LogP contribution in [-0.4, -0.2) is 4.57 Å². The third-order valence-corrected chi connectivity index (χ3v) is 10.9. The summed E-state index contributed by atoms with van der Waals surface area (Å²) in [6, 6.07) is 14.3. The van der Waals surface area contributed by atoms with Gasteiger partial charge in [-0.05, 0) is 51.3 Å². The summed E-state index contributed by atoms with van der Waals surface area (Å²) in [5.41, 5.74) is -0.302. The van der Waals surface area contributed by atoms with Gasteiger partial charge in [0.25, 0.3) is 11.1 Å². The molecule has 2 aromatic heterocycles. The van der Waals surface area contributed by atoms with Gasteiger partial charge in [0.05, 0.1) is 4.70 Å². The molecule has 0 N–H and O–H groups in total. The fourth-order valence-electron chi connectivity index (χ4n) is 6.47. The minimum Gasteiger partial charge on any atom is -0.274 e. The molecule has 0 radical (unpaired) electrons. The van der Waals surface area contributed by atoms with Gasteiger partial charge in [-0.25, -0.2) is 0 Å². The molecule has 0 saturated carbocycles. The zero-order valence-corrected chi connectivity index (χ0v) is 27.0. The maximum absolute atomic E-state index is 13.6. The van der Waals surface area contributed by atoms with Crippen LogP contribution in [0.1, 0.15) is 110 Å². The number of unbranched alkanes of at least 4 members (excludes halogenated alkanes) is 15. The second-order valence-electron chi connectivity index (χ2n) is 11.8. The number of pyridine rings is 1. The van der Waals surface area contributed by atoms with Crippen LogP contribution < -0.4 is 11.1 Å². The molecule has 3 aromatic carbocycles. The van der Waals surface area contributed by atoms with E-state index in [2.05, 4.69) is 47.1 Å². The second kappa shape index (κ2) is 14.8. The molecule has 0 unspecified atom stereocenters. The fraction of sp³-hybridized carbons (Fsp3) is 0.500. The molecule has 41 heavy (non-hydrogen) atoms. The number of rotatable bonds is 17. The summed E-state index contributed by atoms with van der Waals surface area (Å²) < 4.78 is 4.69. The average molecular weight is 635 g/mol. The summed E-state index contributed by atoms with van der Waals surface area (Å²) in [6.45, 7) is 2.77. The molecule has 0 amide bonds. The molecule has 2 heterocycles. The lowest BCUT2D eigenvalue weighted by Crippen LogP contribution is -2.33. The van der Waals surface area contributed by atoms with Crippen LogP contribution in [0.3, 0.4) is 0 Å². The van der Waals surface area contributed by atoms with Crippen LogP contribution in [0.25, 0.3) is 41.7 Å². The number of benzene rings is 3. The molecule has 5 rings (SSSR count). The SMILES string of the molecule is CCCCCCCCCCCCCCCCCCn1c(=O)c2ccc3c4ccccc4sc4c(Br)cc(c1=O)c2c43. The van der Waals surface area contributed by atoms with Crippen molar-refractivity contribution in [3.05, 3.63) is 67.6 Å². The van der Waals surface area contributed by atoms with Crippen LogP contribution in [-0.2, 0) is 6.54 Å². The Kier molecular flexibility index (Phi) is 10.9. The van der Waals surface area contributed by atoms with Gasteiger partial charge >= 0.3 is 0 Å². The van der Waals surface area contributed by atoms with Gasteiger partial charge in [0.1, 0.15) is 0 Å². The van der Waals surface area contributed by atoms with E-state index in [0.29, 0.717) is 17.3 Å². The average Bonchev–Trinajstić information content (AvgIpc) is 2.99. The van der Waals surface area contributed by atoms with Crippen LogP contribution in [0.5, 0.6) is 0 Å². The second-order valence-corrected chi connectivity index (χ2v) is 13.7. The summed E-state index contributed by atoms with van der Waals surface area (Å²) in [4.78, 5) is 27.2. The van der Waals surface area contributed by atoms with Gasteiger partial charge in [-0.2, -0.15) is 0 Å². The van der Waals surface area contributed by atoms with E-state index in [1.807, 2.05) is 18.2 Å². The van der Waals surface area contributed by atoms with E-state index in [1.165, 1.54) is 99.2 Å². The van der Waals surface area contributed by atoms with Gasteiger partial charge in [0.15, 0.2) is 0 Å². The zero-order valence-electron chi connectivity index (χ0n) is 24.6. The van der Waals surface area contributed by atoms with E-state index in [4.69, 9.17) is 0 Å². The van der Waals surface area contributed by atoms with Crippen molar-refractivity contribution in [2.45, 2.75) is 116 Å². The summed E-state index contributed by atoms with van der Waals surface area (Å²) in [6.07, 6.45) is 20.9. The molecule has 5 heteroatoms. The molecule has 0 atom stereocenters. The Labute approximate surface area is 256 Å². The molecule has 218 valence electrons. The van der Waals surface area contributed by atoms with Crippen molar-refractivity contribution in [1.29, 1.82) is 0 Å². The Morgan fingerprint density at radius 2 is 1.15 bits per heavy atom. The number of hydrogen-bond donors (Lipinski definition) is 0. The molecule has 0 fully saturated rings. The van der Waals surface area contributed by atoms with Gasteiger partial charge in [0.2, 0.25) is 0 Å². The number of nitrogens with zero attached hydrogens (tertiary/aromatic N) is 1. The van der Waals surface area contributed by atoms with Gasteiger partial charge < -0.3 is 0 Å². The van der Waals surface area contributed by atoms with Crippen LogP contribution in [0.4, 0.5) is 0 Å². The minimum atomic E-state index is -0.156. The lowest BCUT2D eigenvalue weighted by Gasteiger charge is -2.15. The first-order valence-corrected chi connectivity index (χ1v) is 17.7. The van der Waals surface area contributed by atoms with E-state index in [1.54, 1.807) is 11.3 Å². The number of fused-ring (bicyclic) bond motifs is 2. The van der Waals surface area contributed by atoms with Crippen molar-refractivity contribution in [3.63, 3.8) is 0 Å². The van der Waals surface area contributed by atoms with E-state index in [-0.39, 0.29) is 11.1 Å². The van der Waals surface area contributed by atoms with Crippen molar-refractivity contribution >= 4 is 69.0 Å². The van der Waals surface area contributed by atoms with Gasteiger partial charge in [-0.15, -0.1) is 11.3 Å². The highest BCUT2D eigenvalue weighted by Crippen LogP contribution is 2.42. The summed E-state index contributed by atoms with van der Waals surface area (Å²) >= 11 is 5.46. The Balaban J connectivity index is 1.13. The predicted molar refractivity (Wildman–Crippen MR) is 183 cm³/mol. The van der Waals surface area contributed by atoms with E-state index < -0.39 is 0 Å². The van der Waals surface area contributed by atoms with Gasteiger partial charge in [0, 0.05) is 37.3 Å². The first-order valence-electron chi connectivity index (χ1n) is 16.0. The Morgan fingerprint density at radius 3 is 1.78 bits per heavy atom. The summed E-state index contributed by atoms with van der Waals surface area (Å²) in [5, 5.41) is 5.41. The van der Waals surface area contributed by atoms with Crippen molar-refractivity contribution in [2.75, 3.05) is 0 Å². The van der Waals surface area contributed by atoms with E-state index in [0.717, 1.165) is 43.6 Å². The maximum atomic E-state index is 13.6. The third kappa shape index (κ3) is 6.88. The van der Waals surface area contributed by atoms with E-state index >= 15 is 0 Å². The molecule has 0 aliphatic carbocycles. The van der Waals surface area contributed by atoms with Crippen LogP contribution in [0, 0.1) is 0 Å². The summed E-state index contributed by atoms with van der Waals surface area (Å²) in [5.74, 6) is 0. The largest absolute Gasteiger partial charge is 0.274 e. The lowest BCUT2D eigenvalue weighted by molar-refractivity contribution is 0.517. The molecule has 0 aliphatic heterocycles. The van der Waals surface area contributed by atoms with Crippen molar-refractivity contribution in [3.8, 4) is 0 Å². The molecular formula is C36H44BrNO2S. The highest BCUT2D eigenvalue weighted by atomic mass is 79.9. The zero-order chi connectivity index (χ0) is 28.6. The predicted octanol–water partition coefficient (Wildman–Crippen LogP) is 11.3. The molecule has 0 spiro atoms. The highest BCUT2D eigenvalue weighted by Gasteiger charge is 2.19. The number of hydrogen-bond acceptors (Lipinski definition) is 3. The fourth-order valence-corrected chi connectivity index (χ4v) is 8.26. The molecular weight excluding hydrogens is 590 g/mol. The van der Waals surface area contributed by atoms with Gasteiger partial charge in [-0.3, -0.25) is 14.2 Å². The first kappa shape index (κ1) is 30.2. The first-order chi connectivity index (χ1) is 20.1. The number of halogens is 1. The smallest absolute Gasteiger partial charge is 0.261 e. The quantitative estimate of drug-likeness (QED) is 0.0580. The lowest BCUT2D eigenvalue weighted by atomic mass is 9.97. The third-order valence-electron chi connectivity index (χ3n) is 8.77. The molecule has 0 bridgehead atoms. The van der Waals surface area contributed by atoms with Crippen LogP contribution >= 0.6 is 27.3 Å². The van der Waals surface area contributed by atoms with Crippen molar-refractivity contribution in [2.24, 2.45) is 0 Å². The molecule has 3 nitrogen and oxygen atoms in total. The topological polar surface area (TPSA) is 39.1 Å². The minimum absolute atomic E-state index is 0.146. The number of aromatic nitrogens is 1. The monoisotopic (exact) mass is 633 g/mol. The van der Waals surface area contributed by atoms with Crippen LogP contribution in [0.2, 0.25) is 0 Å². The highest BCUT2D eigenvalue weighted by molar-refractivity contribution is 9.10. The van der Waals surface area contributed by atoms with Crippen molar-refractivity contribution in [1.82, 2.24) is 4.57 Å². The standard InChI is InChI=1S/C36H44BrNO2S/c1-2-3-4-5-6-7-8-9-10-11-12-13-14-15-16-19-24-38-35(39)28-23-22-27-26-20-17-18-21-31(26)41-34-30(37)25-29(36(38)40)32(28)33(27)34/h17-18,20-23,25H,2-16,19,24H2,1H3. The van der Waals surface area contributed by atoms with Crippen LogP contribution in [0.15, 0.2) is 56.5 Å². The maximum Gasteiger partial charge on any atom is 0.261 e. The molecule has 5 aromatic rings. The Bertz CT molecular complexity index is 1700. The Morgan fingerprint density at radius 1 is 0.610 bits per heavy atom. The Hall–Kier alpha value is -2.24. The summed E-state index contributed by atoms with van der Waals surface area (Å²) in [7, 11) is 0. The van der Waals surface area contributed by atoms with Crippen molar-refractivity contribution < 1.29 is 0 Å². The van der Waals surface area contributed by atoms with E-state index in [9.17, 15) is 9.59 Å².